The molecule has 1 aromatic carbocycles. The van der Waals surface area contributed by atoms with E-state index in [1.165, 1.54) is 6.92 Å². The molecule has 1 unspecified atom stereocenters. The molecule has 1 aromatic rings. The van der Waals surface area contributed by atoms with Gasteiger partial charge in [0.2, 0.25) is 5.91 Å². The lowest BCUT2D eigenvalue weighted by Gasteiger charge is -2.20. The van der Waals surface area contributed by atoms with E-state index in [0.29, 0.717) is 11.4 Å². The van der Waals surface area contributed by atoms with E-state index in [1.807, 2.05) is 0 Å². The molecule has 0 bridgehead atoms. The molecule has 0 saturated heterocycles. The number of carbonyl (C=O) groups excluding carboxylic acids is 1. The van der Waals surface area contributed by atoms with Crippen LogP contribution in [0, 0.1) is 0 Å². The number of hydrogen-bond acceptors (Lipinski definition) is 5. The van der Waals surface area contributed by atoms with Gasteiger partial charge in [0, 0.05) is 18.3 Å². The molecule has 0 heterocycles. The van der Waals surface area contributed by atoms with Gasteiger partial charge >= 0.3 is 0 Å². The van der Waals surface area contributed by atoms with Gasteiger partial charge in [0.1, 0.15) is 5.75 Å². The fraction of sp³-hybridized carbons (Fsp3) is 0.462. The van der Waals surface area contributed by atoms with Crippen LogP contribution < -0.4 is 15.4 Å². The van der Waals surface area contributed by atoms with Crippen molar-refractivity contribution in [3.8, 4) is 5.75 Å². The van der Waals surface area contributed by atoms with Crippen LogP contribution in [0.5, 0.6) is 5.75 Å². The zero-order chi connectivity index (χ0) is 14.3. The summed E-state index contributed by atoms with van der Waals surface area (Å²) in [5, 5.41) is 23.8. The van der Waals surface area contributed by atoms with Gasteiger partial charge in [-0.25, -0.2) is 0 Å². The molecule has 0 aromatic heterocycles. The van der Waals surface area contributed by atoms with Crippen molar-refractivity contribution in [2.75, 3.05) is 32.1 Å². The van der Waals surface area contributed by atoms with Gasteiger partial charge in [0.05, 0.1) is 25.9 Å². The summed E-state index contributed by atoms with van der Waals surface area (Å²) in [4.78, 5) is 11.6. The average Bonchev–Trinajstić information content (AvgIpc) is 2.38. The molecule has 19 heavy (non-hydrogen) atoms. The Morgan fingerprint density at radius 1 is 1.47 bits per heavy atom. The van der Waals surface area contributed by atoms with Crippen molar-refractivity contribution in [3.05, 3.63) is 24.3 Å². The number of aliphatic hydroxyl groups excluding tert-OH is 1. The molecule has 0 aliphatic carbocycles. The number of aliphatic hydroxyl groups is 2. The molecule has 1 atom stereocenters. The lowest BCUT2D eigenvalue weighted by Crippen LogP contribution is -2.43. The zero-order valence-corrected chi connectivity index (χ0v) is 11.1. The maximum Gasteiger partial charge on any atom is 0.238 e. The van der Waals surface area contributed by atoms with Crippen LogP contribution in [-0.4, -0.2) is 48.5 Å². The van der Waals surface area contributed by atoms with E-state index >= 15 is 0 Å². The Kier molecular flexibility index (Phi) is 5.75. The number of hydrogen-bond donors (Lipinski definition) is 4. The van der Waals surface area contributed by atoms with Gasteiger partial charge in [-0.3, -0.25) is 4.79 Å². The molecule has 0 saturated carbocycles. The van der Waals surface area contributed by atoms with Crippen molar-refractivity contribution in [1.82, 2.24) is 5.32 Å². The first-order chi connectivity index (χ1) is 8.96. The highest BCUT2D eigenvalue weighted by atomic mass is 16.5. The lowest BCUT2D eigenvalue weighted by molar-refractivity contribution is -0.115. The first-order valence-corrected chi connectivity index (χ1v) is 5.95. The molecule has 4 N–H and O–H groups in total. The highest BCUT2D eigenvalue weighted by Gasteiger charge is 2.18. The average molecular weight is 268 g/mol. The smallest absolute Gasteiger partial charge is 0.238 e. The van der Waals surface area contributed by atoms with Crippen LogP contribution in [0.4, 0.5) is 5.69 Å². The molecule has 0 spiro atoms. The van der Waals surface area contributed by atoms with E-state index in [1.54, 1.807) is 31.4 Å². The Morgan fingerprint density at radius 2 is 2.21 bits per heavy atom. The summed E-state index contributed by atoms with van der Waals surface area (Å²) in [5.74, 6) is 0.427. The summed E-state index contributed by atoms with van der Waals surface area (Å²) in [6, 6.07) is 7.02. The molecule has 106 valence electrons. The van der Waals surface area contributed by atoms with Gasteiger partial charge in [-0.2, -0.15) is 0 Å². The van der Waals surface area contributed by atoms with E-state index in [9.17, 15) is 9.90 Å². The van der Waals surface area contributed by atoms with Crippen LogP contribution in [0.1, 0.15) is 6.92 Å². The molecule has 0 aliphatic heterocycles. The van der Waals surface area contributed by atoms with Crippen LogP contribution in [0.3, 0.4) is 0 Å². The first kappa shape index (κ1) is 15.4. The largest absolute Gasteiger partial charge is 0.497 e. The minimum atomic E-state index is -1.23. The van der Waals surface area contributed by atoms with E-state index in [0.717, 1.165) is 0 Å². The van der Waals surface area contributed by atoms with Crippen LogP contribution in [0.2, 0.25) is 0 Å². The number of ether oxygens (including phenoxy) is 1. The van der Waals surface area contributed by atoms with E-state index in [-0.39, 0.29) is 25.6 Å². The van der Waals surface area contributed by atoms with Crippen molar-refractivity contribution in [2.24, 2.45) is 0 Å². The number of benzene rings is 1. The summed E-state index contributed by atoms with van der Waals surface area (Å²) >= 11 is 0. The maximum atomic E-state index is 11.6. The van der Waals surface area contributed by atoms with Gasteiger partial charge in [0.25, 0.3) is 0 Å². The molecular weight excluding hydrogens is 248 g/mol. The maximum absolute atomic E-state index is 11.6. The van der Waals surface area contributed by atoms with Crippen LogP contribution in [0.25, 0.3) is 0 Å². The summed E-state index contributed by atoms with van der Waals surface area (Å²) in [6.45, 7) is 1.31. The van der Waals surface area contributed by atoms with Crippen molar-refractivity contribution in [1.29, 1.82) is 0 Å². The van der Waals surface area contributed by atoms with E-state index in [4.69, 9.17) is 9.84 Å². The summed E-state index contributed by atoms with van der Waals surface area (Å²) < 4.78 is 5.05. The highest BCUT2D eigenvalue weighted by Crippen LogP contribution is 2.16. The van der Waals surface area contributed by atoms with Crippen LogP contribution in [-0.2, 0) is 4.79 Å². The lowest BCUT2D eigenvalue weighted by atomic mass is 10.1. The molecule has 0 radical (unpaired) electrons. The Morgan fingerprint density at radius 3 is 2.84 bits per heavy atom. The molecule has 6 heteroatoms. The van der Waals surface area contributed by atoms with Gasteiger partial charge in [-0.05, 0) is 19.1 Å². The second-order valence-electron chi connectivity index (χ2n) is 4.54. The predicted octanol–water partition coefficient (Wildman–Crippen LogP) is -0.0334. The Balaban J connectivity index is 2.39. The van der Waals surface area contributed by atoms with Crippen LogP contribution >= 0.6 is 0 Å². The van der Waals surface area contributed by atoms with E-state index < -0.39 is 5.60 Å². The van der Waals surface area contributed by atoms with Gasteiger partial charge < -0.3 is 25.6 Å². The second kappa shape index (κ2) is 7.08. The minimum Gasteiger partial charge on any atom is -0.497 e. The molecule has 1 rings (SSSR count). The molecule has 6 nitrogen and oxygen atoms in total. The minimum absolute atomic E-state index is 0.0490. The van der Waals surface area contributed by atoms with Gasteiger partial charge in [-0.1, -0.05) is 6.07 Å². The monoisotopic (exact) mass is 268 g/mol. The Labute approximate surface area is 112 Å². The predicted molar refractivity (Wildman–Crippen MR) is 72.2 cm³/mol. The van der Waals surface area contributed by atoms with Gasteiger partial charge in [-0.15, -0.1) is 0 Å². The number of anilines is 1. The first-order valence-electron chi connectivity index (χ1n) is 5.95. The summed E-state index contributed by atoms with van der Waals surface area (Å²) in [6.07, 6.45) is 0. The summed E-state index contributed by atoms with van der Waals surface area (Å²) in [7, 11) is 1.56. The number of rotatable bonds is 7. The van der Waals surface area contributed by atoms with Crippen molar-refractivity contribution >= 4 is 11.6 Å². The van der Waals surface area contributed by atoms with E-state index in [2.05, 4.69) is 10.6 Å². The second-order valence-corrected chi connectivity index (χ2v) is 4.54. The van der Waals surface area contributed by atoms with Gasteiger partial charge in [0.15, 0.2) is 0 Å². The van der Waals surface area contributed by atoms with Crippen molar-refractivity contribution in [3.63, 3.8) is 0 Å². The number of methoxy groups -OCH3 is 1. The standard InChI is InChI=1S/C13H20N2O4/c1-13(18,9-16)8-14-7-12(17)15-10-4-3-5-11(6-10)19-2/h3-6,14,16,18H,7-9H2,1-2H3,(H,15,17). The van der Waals surface area contributed by atoms with Crippen LogP contribution in [0.15, 0.2) is 24.3 Å². The molecule has 1 amide bonds. The highest BCUT2D eigenvalue weighted by molar-refractivity contribution is 5.92. The topological polar surface area (TPSA) is 90.8 Å². The number of nitrogens with one attached hydrogen (secondary N) is 2. The third-order valence-electron chi connectivity index (χ3n) is 2.49. The number of carbonyl (C=O) groups is 1. The van der Waals surface area contributed by atoms with Crippen molar-refractivity contribution < 1.29 is 19.7 Å². The summed E-state index contributed by atoms with van der Waals surface area (Å²) in [5.41, 5.74) is -0.587. The fourth-order valence-electron chi connectivity index (χ4n) is 1.41. The third kappa shape index (κ3) is 5.69. The fourth-order valence-corrected chi connectivity index (χ4v) is 1.41. The normalized spacial score (nSPS) is 13.7. The zero-order valence-electron chi connectivity index (χ0n) is 11.1. The Hall–Kier alpha value is -1.63. The quantitative estimate of drug-likeness (QED) is 0.557. The Bertz CT molecular complexity index is 421. The molecule has 0 fully saturated rings. The van der Waals surface area contributed by atoms with Crippen molar-refractivity contribution in [2.45, 2.75) is 12.5 Å². The molecular formula is C13H20N2O4. The third-order valence-corrected chi connectivity index (χ3v) is 2.49. The number of amides is 1. The molecule has 0 aliphatic rings. The SMILES string of the molecule is COc1cccc(NC(=O)CNCC(C)(O)CO)c1.